The molecule has 3 aliphatic carbocycles. The minimum Gasteiger partial charge on any atom is -0.404 e. The van der Waals surface area contributed by atoms with Gasteiger partial charge in [-0.3, -0.25) is 0 Å². The van der Waals surface area contributed by atoms with Crippen LogP contribution in [-0.2, 0) is 4.43 Å². The van der Waals surface area contributed by atoms with E-state index in [0.717, 1.165) is 24.2 Å². The first-order chi connectivity index (χ1) is 19.9. The molecule has 1 heterocycles. The molecule has 5 atom stereocenters. The van der Waals surface area contributed by atoms with E-state index in [2.05, 4.69) is 95.3 Å². The second kappa shape index (κ2) is 10.8. The Kier molecular flexibility index (Phi) is 7.53. The van der Waals surface area contributed by atoms with E-state index in [9.17, 15) is 13.2 Å². The number of nitrogens with zero attached hydrogens (tertiary/aromatic N) is 3. The molecule has 0 spiro atoms. The number of fused-ring (bicyclic) bond motifs is 1. The monoisotopic (exact) mass is 593 g/mol. The molecule has 2 aromatic carbocycles. The van der Waals surface area contributed by atoms with Crippen LogP contribution in [0.15, 0.2) is 66.7 Å². The minimum atomic E-state index is -4.14. The molecule has 0 saturated heterocycles. The Balaban J connectivity index is 1.23. The fraction of sp³-hybridized carbons (Fsp3) is 0.529. The highest BCUT2D eigenvalue weighted by Crippen LogP contribution is 2.64. The Hall–Kier alpha value is -2.71. The summed E-state index contributed by atoms with van der Waals surface area (Å²) in [6.45, 7) is 11.2. The zero-order valence-electron chi connectivity index (χ0n) is 25.2. The number of hydrogen-bond donors (Lipinski definition) is 0. The highest BCUT2D eigenvalue weighted by Gasteiger charge is 2.61. The Morgan fingerprint density at radius 1 is 0.905 bits per heavy atom. The molecule has 0 bridgehead atoms. The van der Waals surface area contributed by atoms with Crippen LogP contribution in [0, 0.1) is 17.8 Å². The summed E-state index contributed by atoms with van der Waals surface area (Å²) in [5.74, 6) is 1.68. The fourth-order valence-electron chi connectivity index (χ4n) is 7.62. The van der Waals surface area contributed by atoms with Crippen LogP contribution in [0.1, 0.15) is 90.3 Å². The third-order valence-electron chi connectivity index (χ3n) is 9.77. The Morgan fingerprint density at radius 2 is 1.48 bits per heavy atom. The van der Waals surface area contributed by atoms with Gasteiger partial charge in [0.2, 0.25) is 0 Å². The largest absolute Gasteiger partial charge is 0.404 e. The molecule has 224 valence electrons. The topological polar surface area (TPSA) is 39.9 Å². The lowest BCUT2D eigenvalue weighted by atomic mass is 9.89. The molecule has 0 amide bonds. The van der Waals surface area contributed by atoms with Crippen molar-refractivity contribution in [3.63, 3.8) is 0 Å². The number of rotatable bonds is 7. The van der Waals surface area contributed by atoms with Gasteiger partial charge < -0.3 is 4.43 Å². The van der Waals surface area contributed by atoms with Crippen molar-refractivity contribution in [1.29, 1.82) is 0 Å². The summed E-state index contributed by atoms with van der Waals surface area (Å²) in [5.41, 5.74) is 0.856. The number of benzene rings is 2. The second-order valence-electron chi connectivity index (χ2n) is 13.8. The van der Waals surface area contributed by atoms with Gasteiger partial charge in [0.05, 0.1) is 5.92 Å². The molecule has 0 radical (unpaired) electrons. The summed E-state index contributed by atoms with van der Waals surface area (Å²) in [6, 6.07) is 21.7. The van der Waals surface area contributed by atoms with E-state index in [1.807, 2.05) is 4.68 Å². The minimum absolute atomic E-state index is 0.0142. The number of halogens is 3. The summed E-state index contributed by atoms with van der Waals surface area (Å²) >= 11 is 0. The second-order valence-corrected chi connectivity index (χ2v) is 18.1. The summed E-state index contributed by atoms with van der Waals surface area (Å²) in [4.78, 5) is 4.99. The molecule has 2 saturated carbocycles. The number of hydrogen-bond acceptors (Lipinski definition) is 3. The average molecular weight is 594 g/mol. The van der Waals surface area contributed by atoms with E-state index in [1.54, 1.807) is 6.08 Å². The van der Waals surface area contributed by atoms with Crippen molar-refractivity contribution in [2.24, 2.45) is 17.8 Å². The van der Waals surface area contributed by atoms with Gasteiger partial charge in [-0.1, -0.05) is 87.5 Å². The number of alkyl halides is 3. The molecule has 0 aliphatic heterocycles. The predicted octanol–water partition coefficient (Wildman–Crippen LogP) is 7.67. The number of allylic oxidation sites excluding steroid dienone is 2. The van der Waals surface area contributed by atoms with Crippen LogP contribution in [-0.4, -0.2) is 35.4 Å². The molecule has 8 heteroatoms. The molecule has 1 aromatic heterocycles. The van der Waals surface area contributed by atoms with E-state index in [-0.39, 0.29) is 30.0 Å². The van der Waals surface area contributed by atoms with Gasteiger partial charge in [0.25, 0.3) is 8.32 Å². The Labute approximate surface area is 248 Å². The smallest absolute Gasteiger partial charge is 0.392 e. The molecule has 4 nitrogen and oxygen atoms in total. The van der Waals surface area contributed by atoms with E-state index in [0.29, 0.717) is 30.0 Å². The quantitative estimate of drug-likeness (QED) is 0.264. The average Bonchev–Trinajstić information content (AvgIpc) is 3.27. The van der Waals surface area contributed by atoms with Gasteiger partial charge in [-0.15, -0.1) is 0 Å². The maximum Gasteiger partial charge on any atom is 0.392 e. The summed E-state index contributed by atoms with van der Waals surface area (Å²) in [5, 5.41) is 7.38. The zero-order valence-corrected chi connectivity index (χ0v) is 26.2. The van der Waals surface area contributed by atoms with Crippen LogP contribution in [0.2, 0.25) is 5.04 Å². The van der Waals surface area contributed by atoms with Crippen LogP contribution < -0.4 is 10.4 Å². The molecule has 42 heavy (non-hydrogen) atoms. The third kappa shape index (κ3) is 5.19. The van der Waals surface area contributed by atoms with E-state index in [1.165, 1.54) is 10.4 Å². The summed E-state index contributed by atoms with van der Waals surface area (Å²) in [7, 11) is -2.61. The first kappa shape index (κ1) is 29.4. The van der Waals surface area contributed by atoms with Gasteiger partial charge in [0.15, 0.2) is 5.82 Å². The van der Waals surface area contributed by atoms with E-state index in [4.69, 9.17) is 14.5 Å². The molecule has 3 unspecified atom stereocenters. The normalized spacial score (nSPS) is 26.3. The molecule has 0 N–H and O–H groups in total. The van der Waals surface area contributed by atoms with Crippen molar-refractivity contribution >= 4 is 24.3 Å². The first-order valence-corrected chi connectivity index (χ1v) is 17.3. The molecule has 3 aromatic rings. The summed E-state index contributed by atoms with van der Waals surface area (Å²) < 4.78 is 49.1. The van der Waals surface area contributed by atoms with Gasteiger partial charge in [-0.25, -0.2) is 9.67 Å². The Morgan fingerprint density at radius 3 is 1.93 bits per heavy atom. The third-order valence-corrected chi connectivity index (χ3v) is 14.9. The van der Waals surface area contributed by atoms with Gasteiger partial charge in [-0.05, 0) is 78.8 Å². The molecular weight excluding hydrogens is 551 g/mol. The molecular formula is C34H42F3N3OSi. The first-order valence-electron chi connectivity index (χ1n) is 15.4. The number of aromatic nitrogens is 3. The lowest BCUT2D eigenvalue weighted by Crippen LogP contribution is -2.67. The maximum absolute atomic E-state index is 13.2. The highest BCUT2D eigenvalue weighted by atomic mass is 28.4. The van der Waals surface area contributed by atoms with Gasteiger partial charge in [0, 0.05) is 18.1 Å². The molecule has 3 aliphatic rings. The van der Waals surface area contributed by atoms with Gasteiger partial charge in [0.1, 0.15) is 5.82 Å². The van der Waals surface area contributed by atoms with Crippen LogP contribution in [0.3, 0.4) is 0 Å². The summed E-state index contributed by atoms with van der Waals surface area (Å²) in [6.07, 6.45) is 0.238. The van der Waals surface area contributed by atoms with Crippen molar-refractivity contribution in [3.8, 4) is 0 Å². The van der Waals surface area contributed by atoms with Crippen LogP contribution in [0.25, 0.3) is 5.57 Å². The van der Waals surface area contributed by atoms with Gasteiger partial charge >= 0.3 is 6.18 Å². The standard InChI is InChI=1S/C34H42F3N3OSi/c1-22(2)40-32(38-31(39-40)23-16-18-24(19-17-23)34(35,36)37)30-28-20-25(21-29(28)30)41-42(33(3,4)5,26-12-8-6-9-13-26)27-14-10-7-11-15-27/h6-16,22,24-25,28-30H,17-21H2,1-5H3/t24?,25?,28-,29+,30?. The van der Waals surface area contributed by atoms with Crippen molar-refractivity contribution in [2.75, 3.05) is 0 Å². The van der Waals surface area contributed by atoms with E-state index >= 15 is 0 Å². The Bertz CT molecular complexity index is 1380. The fourth-order valence-corrected chi connectivity index (χ4v) is 12.3. The lowest BCUT2D eigenvalue weighted by Gasteiger charge is -2.45. The molecule has 6 rings (SSSR count). The van der Waals surface area contributed by atoms with Crippen molar-refractivity contribution < 1.29 is 17.6 Å². The van der Waals surface area contributed by atoms with Crippen molar-refractivity contribution in [2.45, 2.75) is 96.0 Å². The lowest BCUT2D eigenvalue weighted by molar-refractivity contribution is -0.175. The van der Waals surface area contributed by atoms with Crippen molar-refractivity contribution in [1.82, 2.24) is 14.8 Å². The van der Waals surface area contributed by atoms with Crippen LogP contribution >= 0.6 is 0 Å². The SMILES string of the molecule is CC(C)n1nc(C2=CCC(C(F)(F)F)CC2)nc1C1[C@H]2CC(O[Si](c3ccccc3)(c3ccccc3)C(C)(C)C)C[C@@H]12. The van der Waals surface area contributed by atoms with Crippen LogP contribution in [0.5, 0.6) is 0 Å². The molecule has 2 fully saturated rings. The highest BCUT2D eigenvalue weighted by molar-refractivity contribution is 6.99. The predicted molar refractivity (Wildman–Crippen MR) is 163 cm³/mol. The zero-order chi connectivity index (χ0) is 29.9. The maximum atomic E-state index is 13.2. The van der Waals surface area contributed by atoms with Gasteiger partial charge in [-0.2, -0.15) is 18.3 Å². The van der Waals surface area contributed by atoms with Crippen LogP contribution in [0.4, 0.5) is 13.2 Å². The van der Waals surface area contributed by atoms with E-state index < -0.39 is 20.4 Å². The van der Waals surface area contributed by atoms with Crippen molar-refractivity contribution in [3.05, 3.63) is 78.4 Å².